The van der Waals surface area contributed by atoms with E-state index in [1.54, 1.807) is 6.92 Å². The van der Waals surface area contributed by atoms with Crippen LogP contribution in [0.15, 0.2) is 24.8 Å². The minimum atomic E-state index is -4.46. The highest BCUT2D eigenvalue weighted by molar-refractivity contribution is 7.50. The van der Waals surface area contributed by atoms with Gasteiger partial charge in [0.2, 0.25) is 0 Å². The van der Waals surface area contributed by atoms with Crippen molar-refractivity contribution in [2.45, 2.75) is 38.2 Å². The first-order chi connectivity index (χ1) is 14.6. The SMILES string of the molecule is C=C1[C@@H](n2cnc3c(N)ncnc32)[C@@H](F)[C@H](O)[C@H]1COP(=O)(O)N[C@H](C)C(=O)OCC. The maximum atomic E-state index is 15.0. The van der Waals surface area contributed by atoms with Gasteiger partial charge in [0, 0.05) is 5.92 Å². The molecule has 0 radical (unpaired) electrons. The lowest BCUT2D eigenvalue weighted by Gasteiger charge is -2.21. The first-order valence-corrected chi connectivity index (χ1v) is 11.0. The number of hydrogen-bond donors (Lipinski definition) is 4. The Bertz CT molecular complexity index is 1030. The van der Waals surface area contributed by atoms with E-state index in [1.807, 2.05) is 0 Å². The Balaban J connectivity index is 1.73. The molecule has 1 aliphatic rings. The van der Waals surface area contributed by atoms with Crippen LogP contribution in [0.4, 0.5) is 10.2 Å². The molecule has 0 aromatic carbocycles. The van der Waals surface area contributed by atoms with Gasteiger partial charge in [-0.05, 0) is 19.4 Å². The Labute approximate surface area is 176 Å². The number of aromatic nitrogens is 4. The first kappa shape index (κ1) is 23.2. The van der Waals surface area contributed by atoms with E-state index in [0.717, 1.165) is 0 Å². The fraction of sp³-hybridized carbons (Fsp3) is 0.529. The summed E-state index contributed by atoms with van der Waals surface area (Å²) in [5.74, 6) is -1.62. The molecule has 12 nitrogen and oxygen atoms in total. The van der Waals surface area contributed by atoms with Crippen molar-refractivity contribution >= 4 is 30.7 Å². The maximum Gasteiger partial charge on any atom is 0.403 e. The highest BCUT2D eigenvalue weighted by Gasteiger charge is 2.48. The Kier molecular flexibility index (Phi) is 6.72. The molecule has 14 heteroatoms. The predicted molar refractivity (Wildman–Crippen MR) is 107 cm³/mol. The summed E-state index contributed by atoms with van der Waals surface area (Å²) in [5, 5.41) is 12.5. The number of nitrogen functional groups attached to an aromatic ring is 1. The number of halogens is 1. The molecule has 0 spiro atoms. The first-order valence-electron chi connectivity index (χ1n) is 9.43. The number of ether oxygens (including phenoxy) is 1. The van der Waals surface area contributed by atoms with Gasteiger partial charge in [0.05, 0.1) is 31.7 Å². The monoisotopic (exact) mass is 458 g/mol. The van der Waals surface area contributed by atoms with E-state index in [1.165, 1.54) is 24.1 Å². The zero-order chi connectivity index (χ0) is 22.9. The normalized spacial score (nSPS) is 26.7. The number of aliphatic hydroxyl groups excluding tert-OH is 1. The average Bonchev–Trinajstić information content (AvgIpc) is 3.20. The number of aliphatic hydroxyl groups is 1. The molecule has 0 saturated heterocycles. The van der Waals surface area contributed by atoms with Gasteiger partial charge in [0.1, 0.15) is 17.9 Å². The van der Waals surface area contributed by atoms with E-state index >= 15 is 0 Å². The van der Waals surface area contributed by atoms with Crippen molar-refractivity contribution in [1.82, 2.24) is 24.6 Å². The molecule has 6 atom stereocenters. The van der Waals surface area contributed by atoms with Crippen LogP contribution in [0.5, 0.6) is 0 Å². The van der Waals surface area contributed by atoms with E-state index in [2.05, 4.69) is 26.6 Å². The molecule has 1 aliphatic carbocycles. The summed E-state index contributed by atoms with van der Waals surface area (Å²) in [4.78, 5) is 33.6. The number of anilines is 1. The number of rotatable bonds is 8. The molecule has 2 aromatic rings. The number of carbonyl (C=O) groups excluding carboxylic acids is 1. The molecule has 5 N–H and O–H groups in total. The molecule has 31 heavy (non-hydrogen) atoms. The Morgan fingerprint density at radius 2 is 2.19 bits per heavy atom. The van der Waals surface area contributed by atoms with E-state index in [9.17, 15) is 23.7 Å². The van der Waals surface area contributed by atoms with Crippen molar-refractivity contribution in [3.05, 3.63) is 24.8 Å². The number of nitrogens with one attached hydrogen (secondary N) is 1. The Morgan fingerprint density at radius 1 is 1.48 bits per heavy atom. The molecule has 0 amide bonds. The largest absolute Gasteiger partial charge is 0.465 e. The minimum absolute atomic E-state index is 0.105. The van der Waals surface area contributed by atoms with Crippen LogP contribution in [-0.2, 0) is 18.6 Å². The van der Waals surface area contributed by atoms with Gasteiger partial charge in [-0.3, -0.25) is 9.32 Å². The van der Waals surface area contributed by atoms with Crippen LogP contribution in [0.1, 0.15) is 19.9 Å². The Hall–Kier alpha value is -2.44. The lowest BCUT2D eigenvalue weighted by Crippen LogP contribution is -2.34. The van der Waals surface area contributed by atoms with Gasteiger partial charge in [0.25, 0.3) is 0 Å². The topological polar surface area (TPSA) is 175 Å². The second kappa shape index (κ2) is 8.97. The molecule has 3 rings (SSSR count). The van der Waals surface area contributed by atoms with Crippen molar-refractivity contribution < 1.29 is 33.0 Å². The molecule has 1 saturated carbocycles. The molecular weight excluding hydrogens is 434 g/mol. The Morgan fingerprint density at radius 3 is 2.87 bits per heavy atom. The fourth-order valence-electron chi connectivity index (χ4n) is 3.45. The lowest BCUT2D eigenvalue weighted by molar-refractivity contribution is -0.144. The van der Waals surface area contributed by atoms with Crippen LogP contribution >= 0.6 is 7.75 Å². The molecular formula is C17H24FN6O6P. The van der Waals surface area contributed by atoms with Gasteiger partial charge in [-0.2, -0.15) is 0 Å². The second-order valence-corrected chi connectivity index (χ2v) is 8.62. The van der Waals surface area contributed by atoms with Crippen LogP contribution in [0.25, 0.3) is 11.2 Å². The predicted octanol–water partition coefficient (Wildman–Crippen LogP) is 0.493. The van der Waals surface area contributed by atoms with Gasteiger partial charge in [-0.1, -0.05) is 6.58 Å². The van der Waals surface area contributed by atoms with E-state index < -0.39 is 50.6 Å². The third-order valence-electron chi connectivity index (χ3n) is 5.01. The minimum Gasteiger partial charge on any atom is -0.465 e. The van der Waals surface area contributed by atoms with Crippen molar-refractivity contribution in [2.24, 2.45) is 5.92 Å². The number of nitrogens with two attached hydrogens (primary N) is 1. The number of fused-ring (bicyclic) bond motifs is 1. The number of alkyl halides is 1. The molecule has 1 unspecified atom stereocenters. The standard InChI is InChI=1S/C17H24FN6O6P/c1-4-29-17(26)9(3)23-31(27,28)30-5-10-8(2)13(11(18)14(10)25)24-7-22-12-15(19)20-6-21-16(12)24/h6-7,9-11,13-14,25H,2,4-5H2,1,3H3,(H2,19,20,21)(H2,23,27,28)/t9-,10+,11-,13-,14-/m1/s1. The van der Waals surface area contributed by atoms with Crippen LogP contribution in [-0.4, -0.2) is 67.0 Å². The highest BCUT2D eigenvalue weighted by Crippen LogP contribution is 2.45. The van der Waals surface area contributed by atoms with E-state index in [0.29, 0.717) is 0 Å². The number of esters is 1. The molecule has 1 fully saturated rings. The van der Waals surface area contributed by atoms with Gasteiger partial charge in [-0.25, -0.2) is 29.0 Å². The molecule has 0 bridgehead atoms. The third-order valence-corrected chi connectivity index (χ3v) is 6.22. The van der Waals surface area contributed by atoms with E-state index in [-0.39, 0.29) is 29.2 Å². The third kappa shape index (κ3) is 4.60. The number of imidazole rings is 1. The summed E-state index contributed by atoms with van der Waals surface area (Å²) in [6.07, 6.45) is -0.847. The maximum absolute atomic E-state index is 15.0. The van der Waals surface area contributed by atoms with Crippen LogP contribution in [0.2, 0.25) is 0 Å². The van der Waals surface area contributed by atoms with Gasteiger partial charge < -0.3 is 25.0 Å². The van der Waals surface area contributed by atoms with Crippen LogP contribution in [0.3, 0.4) is 0 Å². The zero-order valence-corrected chi connectivity index (χ0v) is 17.8. The quantitative estimate of drug-likeness (QED) is 0.246. The van der Waals surface area contributed by atoms with Gasteiger partial charge in [0.15, 0.2) is 17.6 Å². The summed E-state index contributed by atoms with van der Waals surface area (Å²) in [7, 11) is -4.46. The van der Waals surface area contributed by atoms with Gasteiger partial charge in [-0.15, -0.1) is 0 Å². The summed E-state index contributed by atoms with van der Waals surface area (Å²) in [6, 6.07) is -2.16. The summed E-state index contributed by atoms with van der Waals surface area (Å²) >= 11 is 0. The van der Waals surface area contributed by atoms with E-state index in [4.69, 9.17) is 15.0 Å². The number of hydrogen-bond acceptors (Lipinski definition) is 9. The number of carbonyl (C=O) groups is 1. The van der Waals surface area contributed by atoms with Crippen molar-refractivity contribution in [2.75, 3.05) is 18.9 Å². The molecule has 0 aliphatic heterocycles. The average molecular weight is 458 g/mol. The van der Waals surface area contributed by atoms with Crippen LogP contribution < -0.4 is 10.8 Å². The van der Waals surface area contributed by atoms with Crippen molar-refractivity contribution in [3.63, 3.8) is 0 Å². The highest BCUT2D eigenvalue weighted by atomic mass is 31.2. The summed E-state index contributed by atoms with van der Waals surface area (Å²) in [6.45, 7) is 6.37. The summed E-state index contributed by atoms with van der Waals surface area (Å²) in [5.41, 5.74) is 6.50. The van der Waals surface area contributed by atoms with Gasteiger partial charge >= 0.3 is 13.7 Å². The van der Waals surface area contributed by atoms with Crippen molar-refractivity contribution in [1.29, 1.82) is 0 Å². The van der Waals surface area contributed by atoms with Crippen LogP contribution in [0, 0.1) is 5.92 Å². The molecule has 170 valence electrons. The van der Waals surface area contributed by atoms with Crippen molar-refractivity contribution in [3.8, 4) is 0 Å². The lowest BCUT2D eigenvalue weighted by atomic mass is 10.0. The molecule has 2 heterocycles. The fourth-order valence-corrected chi connectivity index (χ4v) is 4.48. The second-order valence-electron chi connectivity index (χ2n) is 7.06. The molecule has 2 aromatic heterocycles. The zero-order valence-electron chi connectivity index (χ0n) is 16.9. The smallest absolute Gasteiger partial charge is 0.403 e. The summed E-state index contributed by atoms with van der Waals surface area (Å²) < 4.78 is 38.4. The number of nitrogens with zero attached hydrogens (tertiary/aromatic N) is 4.